The lowest BCUT2D eigenvalue weighted by Crippen LogP contribution is -2.38. The van der Waals surface area contributed by atoms with E-state index in [-0.39, 0.29) is 24.3 Å². The molecule has 0 bridgehead atoms. The summed E-state index contributed by atoms with van der Waals surface area (Å²) in [5.74, 6) is -0.589. The number of benzene rings is 1. The van der Waals surface area contributed by atoms with Crippen LogP contribution < -0.4 is 10.2 Å². The molecule has 1 aliphatic rings. The Bertz CT molecular complexity index is 630. The van der Waals surface area contributed by atoms with Crippen LogP contribution in [0.3, 0.4) is 0 Å². The molecule has 0 spiro atoms. The van der Waals surface area contributed by atoms with E-state index in [9.17, 15) is 14.4 Å². The van der Waals surface area contributed by atoms with Gasteiger partial charge in [0.15, 0.2) is 0 Å². The fourth-order valence-corrected chi connectivity index (χ4v) is 2.43. The summed E-state index contributed by atoms with van der Waals surface area (Å²) in [6.45, 7) is 2.02. The maximum Gasteiger partial charge on any atom is 0.265 e. The molecule has 124 valence electrons. The molecule has 0 radical (unpaired) electrons. The Kier molecular flexibility index (Phi) is 5.33. The lowest BCUT2D eigenvalue weighted by atomic mass is 9.99. The van der Waals surface area contributed by atoms with Crippen LogP contribution >= 0.6 is 0 Å². The van der Waals surface area contributed by atoms with Gasteiger partial charge in [-0.2, -0.15) is 0 Å². The quantitative estimate of drug-likeness (QED) is 0.812. The number of fused-ring (bicyclic) bond motifs is 1. The van der Waals surface area contributed by atoms with E-state index in [2.05, 4.69) is 5.32 Å². The number of carbonyl (C=O) groups excluding carboxylic acids is 3. The minimum absolute atomic E-state index is 0.0688. The third kappa shape index (κ3) is 3.87. The molecule has 2 rings (SSSR count). The molecule has 0 saturated heterocycles. The number of rotatable bonds is 5. The van der Waals surface area contributed by atoms with Gasteiger partial charge < -0.3 is 10.2 Å². The van der Waals surface area contributed by atoms with Crippen molar-refractivity contribution in [3.05, 3.63) is 29.3 Å². The number of carbonyl (C=O) groups is 3. The van der Waals surface area contributed by atoms with Crippen LogP contribution in [-0.2, 0) is 20.8 Å². The van der Waals surface area contributed by atoms with Gasteiger partial charge in [-0.25, -0.2) is 5.06 Å². The SMILES string of the molecule is CCON(C)C(=O)CNC(=O)c1ccc2c(c1)CCC(=O)N2C. The van der Waals surface area contributed by atoms with Crippen molar-refractivity contribution in [3.8, 4) is 0 Å². The highest BCUT2D eigenvalue weighted by Gasteiger charge is 2.22. The van der Waals surface area contributed by atoms with Crippen LogP contribution in [0.1, 0.15) is 29.3 Å². The summed E-state index contributed by atoms with van der Waals surface area (Å²) < 4.78 is 0. The Morgan fingerprint density at radius 3 is 2.78 bits per heavy atom. The molecule has 23 heavy (non-hydrogen) atoms. The van der Waals surface area contributed by atoms with Gasteiger partial charge in [0.1, 0.15) is 0 Å². The van der Waals surface area contributed by atoms with Crippen molar-refractivity contribution >= 4 is 23.4 Å². The van der Waals surface area contributed by atoms with Crippen LogP contribution in [0, 0.1) is 0 Å². The van der Waals surface area contributed by atoms with E-state index >= 15 is 0 Å². The topological polar surface area (TPSA) is 79.0 Å². The van der Waals surface area contributed by atoms with Gasteiger partial charge in [0.25, 0.3) is 11.8 Å². The monoisotopic (exact) mass is 319 g/mol. The molecular formula is C16H21N3O4. The number of hydrogen-bond acceptors (Lipinski definition) is 4. The molecule has 0 fully saturated rings. The summed E-state index contributed by atoms with van der Waals surface area (Å²) in [4.78, 5) is 42.2. The number of hydroxylamine groups is 2. The summed E-state index contributed by atoms with van der Waals surface area (Å²) in [6.07, 6.45) is 1.05. The number of nitrogens with one attached hydrogen (secondary N) is 1. The number of nitrogens with zero attached hydrogens (tertiary/aromatic N) is 2. The molecule has 7 heteroatoms. The van der Waals surface area contributed by atoms with Gasteiger partial charge >= 0.3 is 0 Å². The van der Waals surface area contributed by atoms with Gasteiger partial charge in [-0.05, 0) is 37.1 Å². The maximum atomic E-state index is 12.2. The van der Waals surface area contributed by atoms with E-state index in [0.717, 1.165) is 16.3 Å². The van der Waals surface area contributed by atoms with E-state index in [4.69, 9.17) is 4.84 Å². The second-order valence-corrected chi connectivity index (χ2v) is 5.29. The minimum atomic E-state index is -0.330. The van der Waals surface area contributed by atoms with Crippen LogP contribution in [0.25, 0.3) is 0 Å². The second-order valence-electron chi connectivity index (χ2n) is 5.29. The van der Waals surface area contributed by atoms with Gasteiger partial charge in [-0.1, -0.05) is 0 Å². The molecule has 7 nitrogen and oxygen atoms in total. The molecule has 1 aromatic carbocycles. The molecule has 0 aromatic heterocycles. The smallest absolute Gasteiger partial charge is 0.265 e. The predicted molar refractivity (Wildman–Crippen MR) is 84.9 cm³/mol. The standard InChI is InChI=1S/C16H21N3O4/c1-4-23-19(3)15(21)10-17-16(22)12-5-7-13-11(9-12)6-8-14(20)18(13)2/h5,7,9H,4,6,8,10H2,1-3H3,(H,17,22). The molecule has 0 unspecified atom stereocenters. The first-order valence-corrected chi connectivity index (χ1v) is 7.51. The zero-order valence-corrected chi connectivity index (χ0v) is 13.6. The average molecular weight is 319 g/mol. The maximum absolute atomic E-state index is 12.2. The first-order valence-electron chi connectivity index (χ1n) is 7.51. The number of hydrogen-bond donors (Lipinski definition) is 1. The molecule has 0 atom stereocenters. The van der Waals surface area contributed by atoms with Crippen LogP contribution in [0.4, 0.5) is 5.69 Å². The third-order valence-electron chi connectivity index (χ3n) is 3.76. The number of aryl methyl sites for hydroxylation is 1. The molecule has 0 saturated carbocycles. The first-order chi connectivity index (χ1) is 10.9. The van der Waals surface area contributed by atoms with Crippen molar-refractivity contribution in [1.29, 1.82) is 0 Å². The second kappa shape index (κ2) is 7.23. The molecule has 1 heterocycles. The summed E-state index contributed by atoms with van der Waals surface area (Å²) >= 11 is 0. The van der Waals surface area contributed by atoms with E-state index in [1.54, 1.807) is 37.1 Å². The van der Waals surface area contributed by atoms with Crippen molar-refractivity contribution in [2.45, 2.75) is 19.8 Å². The van der Waals surface area contributed by atoms with Gasteiger partial charge in [0, 0.05) is 31.8 Å². The first kappa shape index (κ1) is 17.0. The van der Waals surface area contributed by atoms with Crippen LogP contribution in [0.5, 0.6) is 0 Å². The number of amides is 3. The summed E-state index contributed by atoms with van der Waals surface area (Å²) in [5.41, 5.74) is 2.25. The average Bonchev–Trinajstić information content (AvgIpc) is 2.55. The molecule has 1 N–H and O–H groups in total. The summed E-state index contributed by atoms with van der Waals surface area (Å²) in [5, 5.41) is 3.68. The number of likely N-dealkylation sites (N-methyl/N-ethyl adjacent to an activating group) is 1. The van der Waals surface area contributed by atoms with Gasteiger partial charge in [0.05, 0.1) is 13.2 Å². The van der Waals surface area contributed by atoms with E-state index < -0.39 is 0 Å². The van der Waals surface area contributed by atoms with E-state index in [0.29, 0.717) is 25.0 Å². The molecule has 0 aliphatic carbocycles. The van der Waals surface area contributed by atoms with Crippen LogP contribution in [0.15, 0.2) is 18.2 Å². The van der Waals surface area contributed by atoms with E-state index in [1.165, 1.54) is 7.05 Å². The Balaban J connectivity index is 2.01. The Morgan fingerprint density at radius 2 is 2.09 bits per heavy atom. The Hall–Kier alpha value is -2.41. The molecule has 3 amide bonds. The van der Waals surface area contributed by atoms with Crippen molar-refractivity contribution < 1.29 is 19.2 Å². The normalized spacial score (nSPS) is 13.5. The van der Waals surface area contributed by atoms with Crippen molar-refractivity contribution in [1.82, 2.24) is 10.4 Å². The van der Waals surface area contributed by atoms with Gasteiger partial charge in [-0.15, -0.1) is 0 Å². The van der Waals surface area contributed by atoms with Crippen LogP contribution in [-0.4, -0.2) is 50.0 Å². The third-order valence-corrected chi connectivity index (χ3v) is 3.76. The summed E-state index contributed by atoms with van der Waals surface area (Å²) in [6, 6.07) is 5.18. The zero-order chi connectivity index (χ0) is 17.0. The fourth-order valence-electron chi connectivity index (χ4n) is 2.43. The fraction of sp³-hybridized carbons (Fsp3) is 0.438. The predicted octanol–water partition coefficient (Wildman–Crippen LogP) is 0.735. The zero-order valence-electron chi connectivity index (χ0n) is 13.6. The highest BCUT2D eigenvalue weighted by atomic mass is 16.7. The van der Waals surface area contributed by atoms with Gasteiger partial charge in [0.2, 0.25) is 5.91 Å². The molecular weight excluding hydrogens is 298 g/mol. The molecule has 1 aromatic rings. The lowest BCUT2D eigenvalue weighted by molar-refractivity contribution is -0.175. The van der Waals surface area contributed by atoms with Crippen molar-refractivity contribution in [2.24, 2.45) is 0 Å². The highest BCUT2D eigenvalue weighted by Crippen LogP contribution is 2.27. The van der Waals surface area contributed by atoms with E-state index in [1.807, 2.05) is 0 Å². The highest BCUT2D eigenvalue weighted by molar-refractivity contribution is 5.99. The summed E-state index contributed by atoms with van der Waals surface area (Å²) in [7, 11) is 3.23. The largest absolute Gasteiger partial charge is 0.343 e. The van der Waals surface area contributed by atoms with Crippen LogP contribution in [0.2, 0.25) is 0 Å². The minimum Gasteiger partial charge on any atom is -0.343 e. The Labute approximate surface area is 135 Å². The lowest BCUT2D eigenvalue weighted by Gasteiger charge is -2.26. The van der Waals surface area contributed by atoms with Crippen molar-refractivity contribution in [3.63, 3.8) is 0 Å². The molecule has 1 aliphatic heterocycles. The number of anilines is 1. The van der Waals surface area contributed by atoms with Gasteiger partial charge in [-0.3, -0.25) is 19.2 Å². The van der Waals surface area contributed by atoms with Crippen molar-refractivity contribution in [2.75, 3.05) is 32.1 Å². The Morgan fingerprint density at radius 1 is 1.35 bits per heavy atom.